The Morgan fingerprint density at radius 3 is 2.61 bits per heavy atom. The number of aryl methyl sites for hydroxylation is 2. The molecule has 146 valence electrons. The quantitative estimate of drug-likeness (QED) is 0.838. The number of benzene rings is 2. The number of halogens is 1. The summed E-state index contributed by atoms with van der Waals surface area (Å²) in [4.78, 5) is 28.0. The Bertz CT molecular complexity index is 891. The first-order valence-electron chi connectivity index (χ1n) is 9.88. The van der Waals surface area contributed by atoms with Crippen molar-refractivity contribution in [1.82, 2.24) is 4.90 Å². The van der Waals surface area contributed by atoms with Crippen LogP contribution in [0.5, 0.6) is 0 Å². The molecule has 2 aromatic carbocycles. The molecule has 1 fully saturated rings. The Kier molecular flexibility index (Phi) is 5.39. The average molecular weight is 382 g/mol. The van der Waals surface area contributed by atoms with E-state index in [9.17, 15) is 14.0 Å². The third-order valence-corrected chi connectivity index (χ3v) is 5.62. The summed E-state index contributed by atoms with van der Waals surface area (Å²) >= 11 is 0. The number of nitrogens with one attached hydrogen (secondary N) is 2. The second-order valence-corrected chi connectivity index (χ2v) is 7.61. The van der Waals surface area contributed by atoms with Crippen molar-refractivity contribution in [3.8, 4) is 0 Å². The number of carbonyl (C=O) groups excluding carboxylic acids is 2. The number of quaternary nitrogens is 1. The Morgan fingerprint density at radius 2 is 1.82 bits per heavy atom. The minimum absolute atomic E-state index is 0.0814. The lowest BCUT2D eigenvalue weighted by atomic mass is 10.1. The fourth-order valence-corrected chi connectivity index (χ4v) is 4.09. The van der Waals surface area contributed by atoms with Crippen LogP contribution in [-0.4, -0.2) is 49.4 Å². The second kappa shape index (κ2) is 8.10. The number of amides is 2. The maximum absolute atomic E-state index is 13.2. The number of anilines is 1. The first-order valence-corrected chi connectivity index (χ1v) is 9.88. The van der Waals surface area contributed by atoms with Gasteiger partial charge in [-0.1, -0.05) is 12.1 Å². The molecule has 2 aliphatic rings. The molecule has 4 rings (SSSR count). The summed E-state index contributed by atoms with van der Waals surface area (Å²) in [6, 6.07) is 12.0. The van der Waals surface area contributed by atoms with Gasteiger partial charge in [0, 0.05) is 11.3 Å². The zero-order valence-corrected chi connectivity index (χ0v) is 15.8. The molecule has 28 heavy (non-hydrogen) atoms. The Morgan fingerprint density at radius 1 is 1.04 bits per heavy atom. The standard InChI is InChI=1S/C22H24FN3O2/c23-19-5-2-6-20(14-19)24-21(27)15-25-9-11-26(12-10-25)22(28)18-8-7-16-3-1-4-17(16)13-18/h2,5-8,13-14H,1,3-4,9-12,15H2,(H,24,27)/p+1. The molecule has 0 unspecified atom stereocenters. The molecule has 2 N–H and O–H groups in total. The van der Waals surface area contributed by atoms with Gasteiger partial charge in [-0.3, -0.25) is 9.59 Å². The van der Waals surface area contributed by atoms with Gasteiger partial charge < -0.3 is 15.1 Å². The minimum atomic E-state index is -0.371. The predicted molar refractivity (Wildman–Crippen MR) is 105 cm³/mol. The van der Waals surface area contributed by atoms with Crippen molar-refractivity contribution in [3.05, 3.63) is 65.0 Å². The highest BCUT2D eigenvalue weighted by Crippen LogP contribution is 2.23. The average Bonchev–Trinajstić information content (AvgIpc) is 3.16. The summed E-state index contributed by atoms with van der Waals surface area (Å²) in [5, 5.41) is 2.73. The van der Waals surface area contributed by atoms with Gasteiger partial charge in [0.2, 0.25) is 0 Å². The van der Waals surface area contributed by atoms with Crippen LogP contribution in [0.25, 0.3) is 0 Å². The van der Waals surface area contributed by atoms with Gasteiger partial charge in [0.1, 0.15) is 5.82 Å². The van der Waals surface area contributed by atoms with E-state index in [1.165, 1.54) is 29.7 Å². The lowest BCUT2D eigenvalue weighted by Gasteiger charge is -2.32. The molecular formula is C22H25FN3O2+. The summed E-state index contributed by atoms with van der Waals surface area (Å²) in [6.07, 6.45) is 3.35. The van der Waals surface area contributed by atoms with Crippen LogP contribution < -0.4 is 10.2 Å². The molecule has 1 heterocycles. The highest BCUT2D eigenvalue weighted by molar-refractivity contribution is 5.94. The van der Waals surface area contributed by atoms with Gasteiger partial charge in [0.15, 0.2) is 6.54 Å². The maximum atomic E-state index is 13.2. The number of nitrogens with zero attached hydrogens (tertiary/aromatic N) is 1. The Labute approximate surface area is 164 Å². The van der Waals surface area contributed by atoms with Gasteiger partial charge in [-0.05, 0) is 60.7 Å². The van der Waals surface area contributed by atoms with E-state index in [2.05, 4.69) is 17.4 Å². The van der Waals surface area contributed by atoms with Gasteiger partial charge >= 0.3 is 0 Å². The number of hydrogen-bond acceptors (Lipinski definition) is 2. The summed E-state index contributed by atoms with van der Waals surface area (Å²) in [7, 11) is 0. The maximum Gasteiger partial charge on any atom is 0.279 e. The first-order chi connectivity index (χ1) is 13.6. The molecule has 0 aromatic heterocycles. The van der Waals surface area contributed by atoms with Gasteiger partial charge in [-0.2, -0.15) is 0 Å². The third-order valence-electron chi connectivity index (χ3n) is 5.62. The monoisotopic (exact) mass is 382 g/mol. The molecule has 0 saturated carbocycles. The third kappa shape index (κ3) is 4.22. The SMILES string of the molecule is O=C(C[NH+]1CCN(C(=O)c2ccc3c(c2)CCC3)CC1)Nc1cccc(F)c1. The fourth-order valence-electron chi connectivity index (χ4n) is 4.09. The van der Waals surface area contributed by atoms with E-state index in [0.717, 1.165) is 36.4 Å². The zero-order valence-electron chi connectivity index (χ0n) is 15.8. The van der Waals surface area contributed by atoms with Gasteiger partial charge in [-0.25, -0.2) is 4.39 Å². The van der Waals surface area contributed by atoms with E-state index in [4.69, 9.17) is 0 Å². The van der Waals surface area contributed by atoms with Crippen LogP contribution >= 0.6 is 0 Å². The van der Waals surface area contributed by atoms with Crippen LogP contribution in [0.15, 0.2) is 42.5 Å². The lowest BCUT2D eigenvalue weighted by molar-refractivity contribution is -0.895. The molecule has 1 aliphatic carbocycles. The molecule has 0 radical (unpaired) electrons. The minimum Gasteiger partial charge on any atom is -0.327 e. The van der Waals surface area contributed by atoms with Crippen LogP contribution in [0.4, 0.5) is 10.1 Å². The molecule has 0 atom stereocenters. The van der Waals surface area contributed by atoms with Crippen molar-refractivity contribution < 1.29 is 18.9 Å². The van der Waals surface area contributed by atoms with Crippen molar-refractivity contribution in [2.75, 3.05) is 38.0 Å². The van der Waals surface area contributed by atoms with Gasteiger partial charge in [0.25, 0.3) is 11.8 Å². The van der Waals surface area contributed by atoms with E-state index in [1.807, 2.05) is 11.0 Å². The smallest absolute Gasteiger partial charge is 0.279 e. The Hall–Kier alpha value is -2.73. The number of fused-ring (bicyclic) bond motifs is 1. The lowest BCUT2D eigenvalue weighted by Crippen LogP contribution is -3.15. The van der Waals surface area contributed by atoms with E-state index in [0.29, 0.717) is 25.3 Å². The molecular weight excluding hydrogens is 357 g/mol. The number of rotatable bonds is 4. The van der Waals surface area contributed by atoms with E-state index >= 15 is 0 Å². The van der Waals surface area contributed by atoms with Crippen LogP contribution in [0, 0.1) is 5.82 Å². The number of piperazine rings is 1. The van der Waals surface area contributed by atoms with Gasteiger partial charge in [0.05, 0.1) is 26.2 Å². The van der Waals surface area contributed by atoms with Gasteiger partial charge in [-0.15, -0.1) is 0 Å². The summed E-state index contributed by atoms with van der Waals surface area (Å²) in [5.74, 6) is -0.430. The summed E-state index contributed by atoms with van der Waals surface area (Å²) < 4.78 is 13.2. The summed E-state index contributed by atoms with van der Waals surface area (Å²) in [5.41, 5.74) is 3.92. The van der Waals surface area contributed by atoms with Crippen molar-refractivity contribution in [2.45, 2.75) is 19.3 Å². The van der Waals surface area contributed by atoms with Crippen LogP contribution in [0.2, 0.25) is 0 Å². The van der Waals surface area contributed by atoms with E-state index in [1.54, 1.807) is 12.1 Å². The van der Waals surface area contributed by atoms with E-state index < -0.39 is 0 Å². The second-order valence-electron chi connectivity index (χ2n) is 7.61. The largest absolute Gasteiger partial charge is 0.327 e. The number of hydrogen-bond donors (Lipinski definition) is 2. The molecule has 6 heteroatoms. The highest BCUT2D eigenvalue weighted by atomic mass is 19.1. The molecule has 2 aromatic rings. The number of carbonyl (C=O) groups is 2. The molecule has 1 saturated heterocycles. The highest BCUT2D eigenvalue weighted by Gasteiger charge is 2.26. The zero-order chi connectivity index (χ0) is 19.5. The van der Waals surface area contributed by atoms with Crippen molar-refractivity contribution in [1.29, 1.82) is 0 Å². The van der Waals surface area contributed by atoms with Crippen LogP contribution in [-0.2, 0) is 17.6 Å². The van der Waals surface area contributed by atoms with Crippen LogP contribution in [0.3, 0.4) is 0 Å². The van der Waals surface area contributed by atoms with Crippen molar-refractivity contribution >= 4 is 17.5 Å². The molecule has 1 aliphatic heterocycles. The normalized spacial score (nSPS) is 16.7. The predicted octanol–water partition coefficient (Wildman–Crippen LogP) is 1.29. The fraction of sp³-hybridized carbons (Fsp3) is 0.364. The Balaban J connectivity index is 1.28. The first kappa shape index (κ1) is 18.6. The van der Waals surface area contributed by atoms with Crippen molar-refractivity contribution in [2.24, 2.45) is 0 Å². The van der Waals surface area contributed by atoms with E-state index in [-0.39, 0.29) is 17.6 Å². The summed E-state index contributed by atoms with van der Waals surface area (Å²) in [6.45, 7) is 3.05. The molecule has 0 bridgehead atoms. The molecule has 0 spiro atoms. The van der Waals surface area contributed by atoms with Crippen LogP contribution in [0.1, 0.15) is 27.9 Å². The topological polar surface area (TPSA) is 53.9 Å². The molecule has 2 amide bonds. The van der Waals surface area contributed by atoms with Crippen molar-refractivity contribution in [3.63, 3.8) is 0 Å². The molecule has 5 nitrogen and oxygen atoms in total.